The van der Waals surface area contributed by atoms with Gasteiger partial charge in [0.1, 0.15) is 5.82 Å². The predicted octanol–water partition coefficient (Wildman–Crippen LogP) is 4.92. The zero-order valence-electron chi connectivity index (χ0n) is 19.8. The van der Waals surface area contributed by atoms with Crippen molar-refractivity contribution in [2.75, 3.05) is 23.7 Å². The van der Waals surface area contributed by atoms with Gasteiger partial charge < -0.3 is 10.6 Å². The number of halogens is 3. The van der Waals surface area contributed by atoms with Crippen LogP contribution in [0.4, 0.5) is 24.7 Å². The third-order valence-electron chi connectivity index (χ3n) is 6.72. The Labute approximate surface area is 212 Å². The summed E-state index contributed by atoms with van der Waals surface area (Å²) in [5, 5.41) is 5.95. The fourth-order valence-corrected chi connectivity index (χ4v) is 6.10. The Bertz CT molecular complexity index is 1400. The quantitative estimate of drug-likeness (QED) is 0.489. The van der Waals surface area contributed by atoms with Crippen LogP contribution in [0.15, 0.2) is 65.7 Å². The molecule has 2 aliphatic heterocycles. The van der Waals surface area contributed by atoms with Gasteiger partial charge in [0.05, 0.1) is 10.5 Å². The molecule has 1 saturated heterocycles. The van der Waals surface area contributed by atoms with E-state index in [2.05, 4.69) is 15.6 Å². The summed E-state index contributed by atoms with van der Waals surface area (Å²) in [5.74, 6) is 0.334. The number of alkyl halides is 3. The Balaban J connectivity index is 1.21. The van der Waals surface area contributed by atoms with Crippen molar-refractivity contribution < 1.29 is 26.4 Å². The fraction of sp³-hybridized carbons (Fsp3) is 0.308. The van der Waals surface area contributed by atoms with E-state index in [0.717, 1.165) is 34.6 Å². The normalized spacial score (nSPS) is 17.2. The van der Waals surface area contributed by atoms with Crippen LogP contribution in [-0.2, 0) is 27.4 Å². The van der Waals surface area contributed by atoms with Gasteiger partial charge in [-0.1, -0.05) is 18.2 Å². The van der Waals surface area contributed by atoms with Crippen molar-refractivity contribution in [3.05, 3.63) is 71.9 Å². The summed E-state index contributed by atoms with van der Waals surface area (Å²) in [5.41, 5.74) is 2.88. The smallest absolute Gasteiger partial charge is 0.367 e. The standard InChI is InChI=1S/C26H25F3N4O3S/c27-26(28,29)20-5-9-24(30-16-20)31-21-11-13-33(14-12-21)37(35,36)22-6-1-17(2-7-22)18-3-8-23-19(15-18)4-10-25(34)32-23/h1-3,5-9,15-16,21H,4,10-14H2,(H,30,31)(H,32,34). The number of piperidine rings is 1. The number of rotatable bonds is 5. The number of amides is 1. The largest absolute Gasteiger partial charge is 0.417 e. The van der Waals surface area contributed by atoms with Gasteiger partial charge in [-0.25, -0.2) is 13.4 Å². The summed E-state index contributed by atoms with van der Waals surface area (Å²) >= 11 is 0. The summed E-state index contributed by atoms with van der Waals surface area (Å²) in [6.45, 7) is 0.581. The van der Waals surface area contributed by atoms with Crippen molar-refractivity contribution in [3.63, 3.8) is 0 Å². The number of hydrogen-bond donors (Lipinski definition) is 2. The molecule has 11 heteroatoms. The molecule has 3 heterocycles. The number of carbonyl (C=O) groups excluding carboxylic acids is 1. The average Bonchev–Trinajstić information content (AvgIpc) is 2.88. The molecule has 0 unspecified atom stereocenters. The van der Waals surface area contributed by atoms with E-state index in [1.165, 1.54) is 10.4 Å². The number of benzene rings is 2. The molecular weight excluding hydrogens is 505 g/mol. The molecule has 0 bridgehead atoms. The number of sulfonamides is 1. The van der Waals surface area contributed by atoms with Gasteiger partial charge in [-0.3, -0.25) is 4.79 Å². The minimum absolute atomic E-state index is 0.00544. The second-order valence-corrected chi connectivity index (χ2v) is 11.1. The van der Waals surface area contributed by atoms with Gasteiger partial charge in [0.2, 0.25) is 15.9 Å². The van der Waals surface area contributed by atoms with E-state index in [1.807, 2.05) is 18.2 Å². The lowest BCUT2D eigenvalue weighted by Gasteiger charge is -2.32. The number of nitrogens with one attached hydrogen (secondary N) is 2. The Morgan fingerprint density at radius 2 is 1.65 bits per heavy atom. The Hall–Kier alpha value is -3.44. The van der Waals surface area contributed by atoms with Crippen molar-refractivity contribution in [2.45, 2.75) is 42.8 Å². The van der Waals surface area contributed by atoms with Crippen LogP contribution < -0.4 is 10.6 Å². The summed E-state index contributed by atoms with van der Waals surface area (Å²) < 4.78 is 66.0. The van der Waals surface area contributed by atoms with Crippen molar-refractivity contribution in [3.8, 4) is 11.1 Å². The highest BCUT2D eigenvalue weighted by Gasteiger charge is 2.32. The second kappa shape index (κ2) is 9.79. The van der Waals surface area contributed by atoms with Gasteiger partial charge in [0, 0.05) is 37.4 Å². The zero-order chi connectivity index (χ0) is 26.2. The molecule has 5 rings (SSSR count). The minimum atomic E-state index is -4.44. The third kappa shape index (κ3) is 5.47. The first-order valence-electron chi connectivity index (χ1n) is 11.9. The lowest BCUT2D eigenvalue weighted by atomic mass is 9.97. The van der Waals surface area contributed by atoms with E-state index in [0.29, 0.717) is 44.6 Å². The van der Waals surface area contributed by atoms with Crippen LogP contribution >= 0.6 is 0 Å². The molecule has 0 spiro atoms. The summed E-state index contributed by atoms with van der Waals surface area (Å²) in [6, 6.07) is 14.7. The van der Waals surface area contributed by atoms with Crippen molar-refractivity contribution in [1.29, 1.82) is 0 Å². The minimum Gasteiger partial charge on any atom is -0.367 e. The number of anilines is 2. The lowest BCUT2D eigenvalue weighted by molar-refractivity contribution is -0.137. The van der Waals surface area contributed by atoms with Gasteiger partial charge in [-0.15, -0.1) is 0 Å². The number of aromatic nitrogens is 1. The molecule has 0 radical (unpaired) electrons. The molecule has 0 saturated carbocycles. The van der Waals surface area contributed by atoms with E-state index in [9.17, 15) is 26.4 Å². The summed E-state index contributed by atoms with van der Waals surface area (Å²) in [6.07, 6.45) is -1.53. The molecule has 3 aromatic rings. The number of nitrogens with zero attached hydrogens (tertiary/aromatic N) is 2. The third-order valence-corrected chi connectivity index (χ3v) is 8.64. The van der Waals surface area contributed by atoms with Crippen LogP contribution in [-0.4, -0.2) is 42.7 Å². The lowest BCUT2D eigenvalue weighted by Crippen LogP contribution is -2.42. The topological polar surface area (TPSA) is 91.4 Å². The van der Waals surface area contributed by atoms with E-state index < -0.39 is 21.8 Å². The van der Waals surface area contributed by atoms with Crippen molar-refractivity contribution in [2.24, 2.45) is 0 Å². The Kier molecular flexibility index (Phi) is 6.67. The number of carbonyl (C=O) groups is 1. The molecule has 0 atom stereocenters. The molecule has 2 aromatic carbocycles. The number of hydrogen-bond acceptors (Lipinski definition) is 5. The molecule has 194 valence electrons. The monoisotopic (exact) mass is 530 g/mol. The van der Waals surface area contributed by atoms with Crippen LogP contribution in [0.2, 0.25) is 0 Å². The first kappa shape index (κ1) is 25.2. The number of aryl methyl sites for hydroxylation is 1. The predicted molar refractivity (Wildman–Crippen MR) is 133 cm³/mol. The van der Waals surface area contributed by atoms with E-state index >= 15 is 0 Å². The molecule has 0 aliphatic carbocycles. The first-order valence-corrected chi connectivity index (χ1v) is 13.4. The second-order valence-electron chi connectivity index (χ2n) is 9.20. The maximum absolute atomic E-state index is 13.2. The SMILES string of the molecule is O=C1CCc2cc(-c3ccc(S(=O)(=O)N4CCC(Nc5ccc(C(F)(F)F)cn5)CC4)cc3)ccc2N1. The highest BCUT2D eigenvalue weighted by molar-refractivity contribution is 7.89. The zero-order valence-corrected chi connectivity index (χ0v) is 20.6. The molecule has 1 aromatic heterocycles. The van der Waals surface area contributed by atoms with E-state index in [-0.39, 0.29) is 16.8 Å². The van der Waals surface area contributed by atoms with Gasteiger partial charge in [-0.2, -0.15) is 17.5 Å². The molecule has 1 fully saturated rings. The first-order chi connectivity index (χ1) is 17.6. The number of fused-ring (bicyclic) bond motifs is 1. The summed E-state index contributed by atoms with van der Waals surface area (Å²) in [7, 11) is -3.68. The van der Waals surface area contributed by atoms with Gasteiger partial charge >= 0.3 is 6.18 Å². The van der Waals surface area contributed by atoms with Crippen LogP contribution in [0.1, 0.15) is 30.4 Å². The Morgan fingerprint density at radius 3 is 2.30 bits per heavy atom. The van der Waals surface area contributed by atoms with Crippen LogP contribution in [0.25, 0.3) is 11.1 Å². The summed E-state index contributed by atoms with van der Waals surface area (Å²) in [4.78, 5) is 15.6. The number of pyridine rings is 1. The van der Waals surface area contributed by atoms with E-state index in [1.54, 1.807) is 24.3 Å². The van der Waals surface area contributed by atoms with Crippen molar-refractivity contribution >= 4 is 27.4 Å². The molecular formula is C26H25F3N4O3S. The van der Waals surface area contributed by atoms with Crippen LogP contribution in [0.5, 0.6) is 0 Å². The molecule has 7 nitrogen and oxygen atoms in total. The van der Waals surface area contributed by atoms with E-state index in [4.69, 9.17) is 0 Å². The van der Waals surface area contributed by atoms with Crippen LogP contribution in [0.3, 0.4) is 0 Å². The van der Waals surface area contributed by atoms with Crippen molar-refractivity contribution in [1.82, 2.24) is 9.29 Å². The molecule has 2 aliphatic rings. The highest BCUT2D eigenvalue weighted by Crippen LogP contribution is 2.31. The molecule has 37 heavy (non-hydrogen) atoms. The highest BCUT2D eigenvalue weighted by atomic mass is 32.2. The Morgan fingerprint density at radius 1 is 0.946 bits per heavy atom. The van der Waals surface area contributed by atoms with Gasteiger partial charge in [-0.05, 0) is 72.4 Å². The van der Waals surface area contributed by atoms with Crippen LogP contribution in [0, 0.1) is 0 Å². The van der Waals surface area contributed by atoms with Gasteiger partial charge in [0.15, 0.2) is 0 Å². The fourth-order valence-electron chi connectivity index (χ4n) is 4.63. The van der Waals surface area contributed by atoms with Gasteiger partial charge in [0.25, 0.3) is 0 Å². The maximum atomic E-state index is 13.2. The molecule has 1 amide bonds. The molecule has 2 N–H and O–H groups in total. The maximum Gasteiger partial charge on any atom is 0.417 e. The average molecular weight is 531 g/mol.